The number of carbonyl (C=O) groups excluding carboxylic acids is 1. The fraction of sp³-hybridized carbons (Fsp3) is 0.370. The SMILES string of the molecule is CCCc1cc(-c2cc(C(=O)N(CCN(C)C)Cc3ccccc3)cc(C(F)(F)F)c2)nc(C(N)S)n1. The zero-order chi connectivity index (χ0) is 27.2. The number of benzene rings is 2. The van der Waals surface area contributed by atoms with Gasteiger partial charge >= 0.3 is 6.18 Å². The number of nitrogens with zero attached hydrogens (tertiary/aromatic N) is 4. The summed E-state index contributed by atoms with van der Waals surface area (Å²) in [4.78, 5) is 25.9. The van der Waals surface area contributed by atoms with Crippen molar-refractivity contribution in [2.45, 2.75) is 37.9 Å². The van der Waals surface area contributed by atoms with Gasteiger partial charge in [0, 0.05) is 36.5 Å². The first kappa shape index (κ1) is 28.6. The number of aryl methyl sites for hydroxylation is 1. The van der Waals surface area contributed by atoms with Crippen LogP contribution in [0, 0.1) is 0 Å². The summed E-state index contributed by atoms with van der Waals surface area (Å²) < 4.78 is 41.8. The number of thiol groups is 1. The standard InChI is InChI=1S/C27H32F3N5OS/c1-4-8-22-16-23(33-25(32-22)24(31)37)19-13-20(15-21(14-19)27(28,29)30)26(36)35(12-11-34(2)3)17-18-9-6-5-7-10-18/h5-7,9-10,13-16,24,37H,4,8,11-12,17,31H2,1-3H3. The Morgan fingerprint density at radius 1 is 1.05 bits per heavy atom. The Morgan fingerprint density at radius 3 is 2.35 bits per heavy atom. The van der Waals surface area contributed by atoms with Crippen LogP contribution in [0.3, 0.4) is 0 Å². The topological polar surface area (TPSA) is 75.4 Å². The molecule has 2 N–H and O–H groups in total. The van der Waals surface area contributed by atoms with E-state index in [2.05, 4.69) is 22.6 Å². The van der Waals surface area contributed by atoms with E-state index in [0.29, 0.717) is 25.2 Å². The van der Waals surface area contributed by atoms with Crippen LogP contribution in [0.2, 0.25) is 0 Å². The maximum Gasteiger partial charge on any atom is 0.416 e. The highest BCUT2D eigenvalue weighted by Crippen LogP contribution is 2.34. The summed E-state index contributed by atoms with van der Waals surface area (Å²) in [6.45, 7) is 3.14. The number of carbonyl (C=O) groups is 1. The van der Waals surface area contributed by atoms with Crippen molar-refractivity contribution in [2.75, 3.05) is 27.2 Å². The Morgan fingerprint density at radius 2 is 1.76 bits per heavy atom. The van der Waals surface area contributed by atoms with Gasteiger partial charge in [0.15, 0.2) is 5.82 Å². The molecular formula is C27H32F3N5OS. The van der Waals surface area contributed by atoms with E-state index in [-0.39, 0.29) is 29.2 Å². The molecule has 198 valence electrons. The van der Waals surface area contributed by atoms with Gasteiger partial charge in [-0.2, -0.15) is 25.8 Å². The van der Waals surface area contributed by atoms with Crippen LogP contribution in [0.5, 0.6) is 0 Å². The number of hydrogen-bond donors (Lipinski definition) is 2. The van der Waals surface area contributed by atoms with E-state index in [1.807, 2.05) is 56.3 Å². The molecule has 0 saturated carbocycles. The second kappa shape index (κ2) is 12.5. The second-order valence-corrected chi connectivity index (χ2v) is 9.67. The Kier molecular flexibility index (Phi) is 9.69. The van der Waals surface area contributed by atoms with E-state index in [4.69, 9.17) is 5.73 Å². The molecule has 0 fully saturated rings. The second-order valence-electron chi connectivity index (χ2n) is 9.11. The largest absolute Gasteiger partial charge is 0.416 e. The van der Waals surface area contributed by atoms with Crippen LogP contribution in [0.1, 0.15) is 51.7 Å². The van der Waals surface area contributed by atoms with E-state index in [0.717, 1.165) is 24.1 Å². The first-order chi connectivity index (χ1) is 17.5. The van der Waals surface area contributed by atoms with E-state index >= 15 is 0 Å². The van der Waals surface area contributed by atoms with Gasteiger partial charge in [-0.05, 0) is 50.3 Å². The molecule has 1 amide bonds. The smallest absolute Gasteiger partial charge is 0.333 e. The highest BCUT2D eigenvalue weighted by Gasteiger charge is 2.33. The molecule has 0 saturated heterocycles. The van der Waals surface area contributed by atoms with Crippen LogP contribution in [0.4, 0.5) is 13.2 Å². The summed E-state index contributed by atoms with van der Waals surface area (Å²) in [7, 11) is 3.75. The summed E-state index contributed by atoms with van der Waals surface area (Å²) in [5, 5.41) is -0.796. The number of likely N-dealkylation sites (N-methyl/N-ethyl adjacent to an activating group) is 1. The molecule has 0 spiro atoms. The molecule has 3 rings (SSSR count). The Balaban J connectivity index is 2.10. The number of nitrogens with two attached hydrogens (primary N) is 1. The molecule has 1 heterocycles. The zero-order valence-corrected chi connectivity index (χ0v) is 22.1. The monoisotopic (exact) mass is 531 g/mol. The van der Waals surface area contributed by atoms with Crippen molar-refractivity contribution in [1.82, 2.24) is 19.8 Å². The zero-order valence-electron chi connectivity index (χ0n) is 21.2. The molecule has 2 aromatic carbocycles. The van der Waals surface area contributed by atoms with Gasteiger partial charge in [-0.1, -0.05) is 43.7 Å². The molecule has 37 heavy (non-hydrogen) atoms. The Labute approximate surface area is 221 Å². The van der Waals surface area contributed by atoms with Gasteiger partial charge in [0.2, 0.25) is 0 Å². The lowest BCUT2D eigenvalue weighted by atomic mass is 10.0. The Bertz CT molecular complexity index is 1200. The van der Waals surface area contributed by atoms with Crippen molar-refractivity contribution in [2.24, 2.45) is 5.73 Å². The number of halogens is 3. The fourth-order valence-corrected chi connectivity index (χ4v) is 3.92. The predicted molar refractivity (Wildman–Crippen MR) is 142 cm³/mol. The lowest BCUT2D eigenvalue weighted by Crippen LogP contribution is -2.36. The number of hydrogen-bond acceptors (Lipinski definition) is 6. The molecule has 0 aliphatic rings. The van der Waals surface area contributed by atoms with Crippen molar-refractivity contribution in [3.8, 4) is 11.3 Å². The van der Waals surface area contributed by atoms with Gasteiger partial charge in [0.1, 0.15) is 5.37 Å². The first-order valence-corrected chi connectivity index (χ1v) is 12.5. The van der Waals surface area contributed by atoms with Gasteiger partial charge in [-0.15, -0.1) is 0 Å². The number of aromatic nitrogens is 2. The summed E-state index contributed by atoms with van der Waals surface area (Å²) in [5.74, 6) is -0.279. The first-order valence-electron chi connectivity index (χ1n) is 12.0. The molecular weight excluding hydrogens is 499 g/mol. The lowest BCUT2D eigenvalue weighted by molar-refractivity contribution is -0.137. The van der Waals surface area contributed by atoms with Crippen molar-refractivity contribution in [1.29, 1.82) is 0 Å². The van der Waals surface area contributed by atoms with Crippen molar-refractivity contribution in [3.05, 3.63) is 82.8 Å². The summed E-state index contributed by atoms with van der Waals surface area (Å²) >= 11 is 4.20. The fourth-order valence-electron chi connectivity index (χ4n) is 3.80. The van der Waals surface area contributed by atoms with Crippen LogP contribution in [-0.4, -0.2) is 52.9 Å². The van der Waals surface area contributed by atoms with Gasteiger partial charge in [0.05, 0.1) is 11.3 Å². The molecule has 0 aliphatic carbocycles. The lowest BCUT2D eigenvalue weighted by Gasteiger charge is -2.25. The molecule has 10 heteroatoms. The van der Waals surface area contributed by atoms with Gasteiger partial charge < -0.3 is 15.5 Å². The number of alkyl halides is 3. The minimum absolute atomic E-state index is 0.0631. The number of rotatable bonds is 10. The third kappa shape index (κ3) is 8.02. The highest BCUT2D eigenvalue weighted by atomic mass is 32.1. The third-order valence-electron chi connectivity index (χ3n) is 5.69. The van der Waals surface area contributed by atoms with Crippen LogP contribution >= 0.6 is 12.6 Å². The molecule has 0 radical (unpaired) electrons. The van der Waals surface area contributed by atoms with Crippen molar-refractivity contribution < 1.29 is 18.0 Å². The summed E-state index contributed by atoms with van der Waals surface area (Å²) in [6.07, 6.45) is -3.27. The summed E-state index contributed by atoms with van der Waals surface area (Å²) in [5.41, 5.74) is 6.84. The Hall–Kier alpha value is -2.95. The van der Waals surface area contributed by atoms with Crippen molar-refractivity contribution >= 4 is 18.5 Å². The molecule has 0 aliphatic heterocycles. The minimum Gasteiger partial charge on any atom is -0.333 e. The van der Waals surface area contributed by atoms with Crippen molar-refractivity contribution in [3.63, 3.8) is 0 Å². The van der Waals surface area contributed by atoms with E-state index < -0.39 is 23.0 Å². The predicted octanol–water partition coefficient (Wildman–Crippen LogP) is 5.21. The molecule has 1 atom stereocenters. The molecule has 1 aromatic heterocycles. The number of amides is 1. The highest BCUT2D eigenvalue weighted by molar-refractivity contribution is 7.80. The normalized spacial score (nSPS) is 12.6. The van der Waals surface area contributed by atoms with Crippen LogP contribution < -0.4 is 5.73 Å². The third-order valence-corrected chi connectivity index (χ3v) is 5.92. The maximum absolute atomic E-state index is 13.9. The molecule has 3 aromatic rings. The van der Waals surface area contributed by atoms with Crippen LogP contribution in [0.15, 0.2) is 54.6 Å². The van der Waals surface area contributed by atoms with E-state index in [1.165, 1.54) is 6.07 Å². The van der Waals surface area contributed by atoms with Gasteiger partial charge in [-0.25, -0.2) is 9.97 Å². The molecule has 1 unspecified atom stereocenters. The molecule has 0 bridgehead atoms. The molecule has 6 nitrogen and oxygen atoms in total. The average Bonchev–Trinajstić information content (AvgIpc) is 2.85. The van der Waals surface area contributed by atoms with Gasteiger partial charge in [-0.3, -0.25) is 4.79 Å². The minimum atomic E-state index is -4.65. The van der Waals surface area contributed by atoms with Crippen LogP contribution in [0.25, 0.3) is 11.3 Å². The van der Waals surface area contributed by atoms with Gasteiger partial charge in [0.25, 0.3) is 5.91 Å². The maximum atomic E-state index is 13.9. The average molecular weight is 532 g/mol. The van der Waals surface area contributed by atoms with E-state index in [9.17, 15) is 18.0 Å². The quantitative estimate of drug-likeness (QED) is 0.278. The summed E-state index contributed by atoms with van der Waals surface area (Å²) in [6, 6.07) is 14.4. The van der Waals surface area contributed by atoms with E-state index in [1.54, 1.807) is 11.0 Å². The van der Waals surface area contributed by atoms with Crippen LogP contribution in [-0.2, 0) is 19.1 Å².